The van der Waals surface area contributed by atoms with Gasteiger partial charge in [-0.2, -0.15) is 0 Å². The summed E-state index contributed by atoms with van der Waals surface area (Å²) in [5, 5.41) is 5.57. The van der Waals surface area contributed by atoms with Gasteiger partial charge in [-0.3, -0.25) is 0 Å². The van der Waals surface area contributed by atoms with Crippen LogP contribution in [0.15, 0.2) is 24.4 Å². The van der Waals surface area contributed by atoms with E-state index in [0.29, 0.717) is 6.17 Å². The Morgan fingerprint density at radius 1 is 1.40 bits per heavy atom. The van der Waals surface area contributed by atoms with E-state index in [1.165, 1.54) is 27.9 Å². The van der Waals surface area contributed by atoms with Crippen LogP contribution in [0.4, 0.5) is 0 Å². The van der Waals surface area contributed by atoms with Crippen molar-refractivity contribution in [3.05, 3.63) is 40.7 Å². The van der Waals surface area contributed by atoms with E-state index in [0.717, 1.165) is 24.5 Å². The van der Waals surface area contributed by atoms with Gasteiger partial charge in [0.1, 0.15) is 0 Å². The number of aromatic nitrogens is 1. The number of rotatable bonds is 1. The molecule has 0 saturated carbocycles. The van der Waals surface area contributed by atoms with Crippen LogP contribution in [0.2, 0.25) is 5.02 Å². The Labute approximate surface area is 123 Å². The highest BCUT2D eigenvalue weighted by atomic mass is 35.5. The second-order valence-electron chi connectivity index (χ2n) is 5.55. The molecule has 0 radical (unpaired) electrons. The van der Waals surface area contributed by atoms with Gasteiger partial charge in [-0.15, -0.1) is 0 Å². The van der Waals surface area contributed by atoms with Crippen LogP contribution in [0, 0.1) is 0 Å². The number of fused-ring (bicyclic) bond motifs is 5. The first-order valence-corrected chi connectivity index (χ1v) is 7.62. The fraction of sp³-hybridized carbons (Fsp3) is 0.375. The van der Waals surface area contributed by atoms with Crippen molar-refractivity contribution in [2.75, 3.05) is 6.54 Å². The molecule has 2 aliphatic heterocycles. The number of hydrogen-bond acceptors (Lipinski definition) is 2. The molecule has 0 aliphatic carbocycles. The van der Waals surface area contributed by atoms with E-state index in [9.17, 15) is 0 Å². The van der Waals surface area contributed by atoms with Gasteiger partial charge in [0.2, 0.25) is 0 Å². The van der Waals surface area contributed by atoms with Crippen molar-refractivity contribution in [3.8, 4) is 0 Å². The van der Waals surface area contributed by atoms with Crippen molar-refractivity contribution in [2.45, 2.75) is 33.0 Å². The zero-order valence-electron chi connectivity index (χ0n) is 11.8. The molecule has 1 unspecified atom stereocenters. The van der Waals surface area contributed by atoms with Crippen LogP contribution >= 0.6 is 11.6 Å². The Bertz CT molecular complexity index is 729. The first-order valence-electron chi connectivity index (χ1n) is 7.24. The van der Waals surface area contributed by atoms with Crippen LogP contribution in [0.3, 0.4) is 0 Å². The number of nitrogens with one attached hydrogen (secondary N) is 1. The van der Waals surface area contributed by atoms with Gasteiger partial charge in [-0.1, -0.05) is 11.6 Å². The highest BCUT2D eigenvalue weighted by Gasteiger charge is 2.32. The standard InChI is InChI=1S/C16H18ClN3/c1-3-19-14-5-4-11(17)8-13(14)12-6-7-20-10(2)18-9-15(20)16(12)19/h4-5,8-10,18H,3,6-7H2,1-2H3. The van der Waals surface area contributed by atoms with Crippen LogP contribution in [0.25, 0.3) is 16.6 Å². The van der Waals surface area contributed by atoms with Gasteiger partial charge in [-0.05, 0) is 44.0 Å². The summed E-state index contributed by atoms with van der Waals surface area (Å²) in [6.45, 7) is 6.47. The maximum atomic E-state index is 6.20. The molecule has 2 aliphatic rings. The summed E-state index contributed by atoms with van der Waals surface area (Å²) < 4.78 is 2.42. The smallest absolute Gasteiger partial charge is 0.0958 e. The lowest BCUT2D eigenvalue weighted by Crippen LogP contribution is -2.37. The highest BCUT2D eigenvalue weighted by Crippen LogP contribution is 2.39. The lowest BCUT2D eigenvalue weighted by Gasteiger charge is -2.31. The van der Waals surface area contributed by atoms with Gasteiger partial charge in [0.15, 0.2) is 0 Å². The Kier molecular flexibility index (Phi) is 2.55. The number of nitrogens with zero attached hydrogens (tertiary/aromatic N) is 2. The largest absolute Gasteiger partial charge is 0.370 e. The first-order chi connectivity index (χ1) is 9.70. The lowest BCUT2D eigenvalue weighted by atomic mass is 10.0. The minimum atomic E-state index is 0.394. The van der Waals surface area contributed by atoms with Crippen LogP contribution in [-0.2, 0) is 13.0 Å². The monoisotopic (exact) mass is 287 g/mol. The predicted octanol–water partition coefficient (Wildman–Crippen LogP) is 3.42. The van der Waals surface area contributed by atoms with Gasteiger partial charge < -0.3 is 14.8 Å². The molecule has 0 amide bonds. The fourth-order valence-electron chi connectivity index (χ4n) is 3.60. The minimum absolute atomic E-state index is 0.394. The van der Waals surface area contributed by atoms with Crippen molar-refractivity contribution in [1.82, 2.24) is 14.8 Å². The summed E-state index contributed by atoms with van der Waals surface area (Å²) in [4.78, 5) is 2.45. The van der Waals surface area contributed by atoms with Gasteiger partial charge in [0, 0.05) is 35.2 Å². The van der Waals surface area contributed by atoms with Crippen molar-refractivity contribution >= 4 is 28.2 Å². The van der Waals surface area contributed by atoms with Gasteiger partial charge in [0.05, 0.1) is 17.6 Å². The van der Waals surface area contributed by atoms with E-state index in [-0.39, 0.29) is 0 Å². The predicted molar refractivity (Wildman–Crippen MR) is 83.6 cm³/mol. The quantitative estimate of drug-likeness (QED) is 0.867. The topological polar surface area (TPSA) is 20.2 Å². The third-order valence-corrected chi connectivity index (χ3v) is 4.77. The fourth-order valence-corrected chi connectivity index (χ4v) is 3.77. The summed E-state index contributed by atoms with van der Waals surface area (Å²) in [5.74, 6) is 0. The molecule has 1 atom stereocenters. The number of hydrogen-bond donors (Lipinski definition) is 1. The summed E-state index contributed by atoms with van der Waals surface area (Å²) >= 11 is 6.20. The van der Waals surface area contributed by atoms with Crippen molar-refractivity contribution in [1.29, 1.82) is 0 Å². The van der Waals surface area contributed by atoms with Crippen molar-refractivity contribution in [2.24, 2.45) is 0 Å². The van der Waals surface area contributed by atoms with E-state index < -0.39 is 0 Å². The van der Waals surface area contributed by atoms with Crippen LogP contribution in [0.5, 0.6) is 0 Å². The minimum Gasteiger partial charge on any atom is -0.370 e. The van der Waals surface area contributed by atoms with E-state index in [1.54, 1.807) is 0 Å². The molecule has 104 valence electrons. The zero-order chi connectivity index (χ0) is 13.9. The summed E-state index contributed by atoms with van der Waals surface area (Å²) in [6, 6.07) is 6.25. The molecule has 0 spiro atoms. The van der Waals surface area contributed by atoms with Crippen molar-refractivity contribution < 1.29 is 0 Å². The molecule has 1 aromatic heterocycles. The molecular weight excluding hydrogens is 270 g/mol. The second kappa shape index (κ2) is 4.19. The van der Waals surface area contributed by atoms with Crippen LogP contribution in [0.1, 0.15) is 25.1 Å². The molecule has 2 aromatic rings. The molecule has 20 heavy (non-hydrogen) atoms. The van der Waals surface area contributed by atoms with E-state index in [4.69, 9.17) is 11.6 Å². The summed E-state index contributed by atoms with van der Waals surface area (Å²) in [5.41, 5.74) is 5.44. The Morgan fingerprint density at radius 2 is 2.25 bits per heavy atom. The first kappa shape index (κ1) is 12.2. The Morgan fingerprint density at radius 3 is 3.05 bits per heavy atom. The third kappa shape index (κ3) is 1.47. The Balaban J connectivity index is 2.04. The normalized spacial score (nSPS) is 20.6. The molecule has 0 fully saturated rings. The van der Waals surface area contributed by atoms with Crippen molar-refractivity contribution in [3.63, 3.8) is 0 Å². The molecule has 0 saturated heterocycles. The number of benzene rings is 1. The van der Waals surface area contributed by atoms with E-state index in [1.807, 2.05) is 6.07 Å². The molecule has 4 heteroatoms. The molecular formula is C16H18ClN3. The highest BCUT2D eigenvalue weighted by molar-refractivity contribution is 6.31. The molecule has 0 bridgehead atoms. The molecule has 3 heterocycles. The van der Waals surface area contributed by atoms with Gasteiger partial charge in [0.25, 0.3) is 0 Å². The average Bonchev–Trinajstić information content (AvgIpc) is 2.97. The SMILES string of the molecule is CCn1c2c(c3cc(Cl)ccc31)CCN1C2=CNC1C. The van der Waals surface area contributed by atoms with Gasteiger partial charge in [-0.25, -0.2) is 0 Å². The number of aryl methyl sites for hydroxylation is 1. The number of halogens is 1. The maximum Gasteiger partial charge on any atom is 0.0958 e. The van der Waals surface area contributed by atoms with E-state index in [2.05, 4.69) is 47.0 Å². The second-order valence-corrected chi connectivity index (χ2v) is 5.98. The summed E-state index contributed by atoms with van der Waals surface area (Å²) in [7, 11) is 0. The molecule has 1 aromatic carbocycles. The van der Waals surface area contributed by atoms with Crippen LogP contribution in [-0.4, -0.2) is 22.2 Å². The maximum absolute atomic E-state index is 6.20. The van der Waals surface area contributed by atoms with Gasteiger partial charge >= 0.3 is 0 Å². The average molecular weight is 288 g/mol. The Hall–Kier alpha value is -1.61. The van der Waals surface area contributed by atoms with E-state index >= 15 is 0 Å². The third-order valence-electron chi connectivity index (χ3n) is 4.53. The lowest BCUT2D eigenvalue weighted by molar-refractivity contribution is 0.307. The molecule has 1 N–H and O–H groups in total. The molecule has 4 rings (SSSR count). The zero-order valence-corrected chi connectivity index (χ0v) is 12.5. The summed E-state index contributed by atoms with van der Waals surface area (Å²) in [6.07, 6.45) is 3.64. The molecule has 3 nitrogen and oxygen atoms in total. The van der Waals surface area contributed by atoms with Crippen LogP contribution < -0.4 is 5.32 Å².